The molecule has 3 aromatic rings. The Balaban J connectivity index is 1.28. The van der Waals surface area contributed by atoms with Crippen LogP contribution in [0.25, 0.3) is 0 Å². The molecule has 1 aliphatic rings. The lowest BCUT2D eigenvalue weighted by Gasteiger charge is -2.36. The molecule has 182 valence electrons. The minimum absolute atomic E-state index is 0.0283. The summed E-state index contributed by atoms with van der Waals surface area (Å²) >= 11 is 1.09. The maximum absolute atomic E-state index is 12.6. The van der Waals surface area contributed by atoms with E-state index < -0.39 is 10.8 Å². The molecule has 0 radical (unpaired) electrons. The molecule has 2 aromatic carbocycles. The van der Waals surface area contributed by atoms with E-state index in [-0.39, 0.29) is 30.1 Å². The minimum atomic E-state index is -0.534. The number of nitrogens with one attached hydrogen (secondary N) is 1. The first-order valence-electron chi connectivity index (χ1n) is 11.1. The van der Waals surface area contributed by atoms with E-state index >= 15 is 0 Å². The van der Waals surface area contributed by atoms with Crippen LogP contribution in [0, 0.1) is 10.1 Å². The van der Waals surface area contributed by atoms with E-state index in [0.717, 1.165) is 30.5 Å². The van der Waals surface area contributed by atoms with Crippen LogP contribution in [0.4, 0.5) is 11.4 Å². The number of hydrogen-bond donors (Lipinski definition) is 1. The van der Waals surface area contributed by atoms with Crippen molar-refractivity contribution in [1.29, 1.82) is 0 Å². The van der Waals surface area contributed by atoms with E-state index in [1.165, 1.54) is 24.5 Å². The first-order valence-corrected chi connectivity index (χ1v) is 11.9. The molecule has 0 saturated carbocycles. The molecule has 1 aliphatic heterocycles. The monoisotopic (exact) mass is 495 g/mol. The highest BCUT2D eigenvalue weighted by atomic mass is 32.2. The first kappa shape index (κ1) is 24.2. The van der Waals surface area contributed by atoms with E-state index in [4.69, 9.17) is 0 Å². The second-order valence-corrected chi connectivity index (χ2v) is 8.98. The maximum Gasteiger partial charge on any atom is 0.284 e. The summed E-state index contributed by atoms with van der Waals surface area (Å²) in [5, 5.41) is 22.4. The SMILES string of the molecule is Cn1cnnc1Sc1ccc(C(=O)NCCC(=O)N2CCN(c3ccccc3)CC2)cc1[N+](=O)[O-]. The topological polar surface area (TPSA) is 126 Å². The Labute approximate surface area is 206 Å². The number of rotatable bonds is 8. The number of carbonyl (C=O) groups excluding carboxylic acids is 2. The van der Waals surface area contributed by atoms with Crippen molar-refractivity contribution in [2.45, 2.75) is 16.5 Å². The Morgan fingerprint density at radius 3 is 2.51 bits per heavy atom. The van der Waals surface area contributed by atoms with Crippen molar-refractivity contribution < 1.29 is 14.5 Å². The molecule has 11 nitrogen and oxygen atoms in total. The van der Waals surface area contributed by atoms with Crippen LogP contribution in [-0.4, -0.2) is 69.1 Å². The number of anilines is 1. The molecular weight excluding hydrogens is 470 g/mol. The molecule has 0 bridgehead atoms. The second-order valence-electron chi connectivity index (χ2n) is 7.98. The van der Waals surface area contributed by atoms with Gasteiger partial charge >= 0.3 is 0 Å². The summed E-state index contributed by atoms with van der Waals surface area (Å²) in [5.74, 6) is -0.496. The predicted molar refractivity (Wildman–Crippen MR) is 130 cm³/mol. The average Bonchev–Trinajstić information content (AvgIpc) is 3.28. The Morgan fingerprint density at radius 1 is 1.11 bits per heavy atom. The van der Waals surface area contributed by atoms with Crippen LogP contribution in [0.3, 0.4) is 0 Å². The number of hydrogen-bond acceptors (Lipinski definition) is 8. The predicted octanol–water partition coefficient (Wildman–Crippen LogP) is 2.34. The van der Waals surface area contributed by atoms with Crippen LogP contribution in [0.2, 0.25) is 0 Å². The van der Waals surface area contributed by atoms with Crippen molar-refractivity contribution in [3.05, 3.63) is 70.5 Å². The van der Waals surface area contributed by atoms with Gasteiger partial charge in [-0.1, -0.05) is 18.2 Å². The molecule has 0 unspecified atom stereocenters. The molecule has 35 heavy (non-hydrogen) atoms. The van der Waals surface area contributed by atoms with Crippen LogP contribution in [0.1, 0.15) is 16.8 Å². The molecule has 0 spiro atoms. The molecule has 4 rings (SSSR count). The van der Waals surface area contributed by atoms with Crippen molar-refractivity contribution in [1.82, 2.24) is 25.0 Å². The quantitative estimate of drug-likeness (QED) is 0.373. The molecule has 2 amide bonds. The molecule has 1 fully saturated rings. The number of aromatic nitrogens is 3. The number of benzene rings is 2. The van der Waals surface area contributed by atoms with Crippen molar-refractivity contribution >= 4 is 35.0 Å². The highest BCUT2D eigenvalue weighted by Crippen LogP contribution is 2.34. The van der Waals surface area contributed by atoms with Gasteiger partial charge in [-0.2, -0.15) is 0 Å². The first-order chi connectivity index (χ1) is 16.9. The van der Waals surface area contributed by atoms with Gasteiger partial charge in [0.05, 0.1) is 9.82 Å². The summed E-state index contributed by atoms with van der Waals surface area (Å²) in [4.78, 5) is 40.6. The van der Waals surface area contributed by atoms with Crippen LogP contribution in [0.15, 0.2) is 64.9 Å². The lowest BCUT2D eigenvalue weighted by Crippen LogP contribution is -2.49. The van der Waals surface area contributed by atoms with Crippen LogP contribution < -0.4 is 10.2 Å². The third-order valence-electron chi connectivity index (χ3n) is 5.67. The van der Waals surface area contributed by atoms with Gasteiger partial charge in [0.2, 0.25) is 5.91 Å². The molecular formula is C23H25N7O4S. The summed E-state index contributed by atoms with van der Waals surface area (Å²) in [5.41, 5.74) is 1.10. The summed E-state index contributed by atoms with van der Waals surface area (Å²) in [7, 11) is 1.74. The standard InChI is InChI=1S/C23H25N7O4S/c1-27-16-25-26-23(27)35-20-8-7-17(15-19(20)30(33)34)22(32)24-10-9-21(31)29-13-11-28(12-14-29)18-5-3-2-4-6-18/h2-8,15-16H,9-14H2,1H3,(H,24,32). The van der Waals surface area contributed by atoms with Crippen molar-refractivity contribution in [3.8, 4) is 0 Å². The molecule has 0 atom stereocenters. The van der Waals surface area contributed by atoms with Gasteiger partial charge in [-0.3, -0.25) is 19.7 Å². The zero-order chi connectivity index (χ0) is 24.8. The van der Waals surface area contributed by atoms with Gasteiger partial charge < -0.3 is 19.7 Å². The van der Waals surface area contributed by atoms with Gasteiger partial charge in [-0.05, 0) is 36.0 Å². The summed E-state index contributed by atoms with van der Waals surface area (Å²) < 4.78 is 1.65. The largest absolute Gasteiger partial charge is 0.368 e. The van der Waals surface area contributed by atoms with Crippen molar-refractivity contribution in [2.75, 3.05) is 37.6 Å². The van der Waals surface area contributed by atoms with E-state index in [0.29, 0.717) is 23.1 Å². The van der Waals surface area contributed by atoms with Crippen LogP contribution in [-0.2, 0) is 11.8 Å². The van der Waals surface area contributed by atoms with Gasteiger partial charge in [-0.25, -0.2) is 0 Å². The number of nitrogens with zero attached hydrogens (tertiary/aromatic N) is 6. The van der Waals surface area contributed by atoms with Crippen molar-refractivity contribution in [2.24, 2.45) is 7.05 Å². The van der Waals surface area contributed by atoms with E-state index in [1.54, 1.807) is 16.5 Å². The number of para-hydroxylation sites is 1. The zero-order valence-corrected chi connectivity index (χ0v) is 20.0. The number of carbonyl (C=O) groups is 2. The number of amides is 2. The lowest BCUT2D eigenvalue weighted by atomic mass is 10.2. The van der Waals surface area contributed by atoms with Gasteiger partial charge in [0, 0.05) is 63.5 Å². The maximum atomic E-state index is 12.6. The molecule has 0 aliphatic carbocycles. The summed E-state index contributed by atoms with van der Waals surface area (Å²) in [6, 6.07) is 14.3. The molecule has 2 heterocycles. The van der Waals surface area contributed by atoms with Gasteiger partial charge in [-0.15, -0.1) is 10.2 Å². The fourth-order valence-electron chi connectivity index (χ4n) is 3.75. The van der Waals surface area contributed by atoms with Crippen molar-refractivity contribution in [3.63, 3.8) is 0 Å². The van der Waals surface area contributed by atoms with E-state index in [1.807, 2.05) is 18.2 Å². The fraction of sp³-hybridized carbons (Fsp3) is 0.304. The zero-order valence-electron chi connectivity index (χ0n) is 19.2. The molecule has 1 saturated heterocycles. The van der Waals surface area contributed by atoms with Gasteiger partial charge in [0.25, 0.3) is 11.6 Å². The number of nitro groups is 1. The Kier molecular flexibility index (Phi) is 7.60. The Bertz CT molecular complexity index is 1210. The normalized spacial score (nSPS) is 13.5. The van der Waals surface area contributed by atoms with Crippen LogP contribution in [0.5, 0.6) is 0 Å². The molecule has 1 aromatic heterocycles. The number of aryl methyl sites for hydroxylation is 1. The highest BCUT2D eigenvalue weighted by Gasteiger charge is 2.22. The third-order valence-corrected chi connectivity index (χ3v) is 6.78. The van der Waals surface area contributed by atoms with Gasteiger partial charge in [0.1, 0.15) is 6.33 Å². The molecule has 1 N–H and O–H groups in total. The van der Waals surface area contributed by atoms with Gasteiger partial charge in [0.15, 0.2) is 5.16 Å². The smallest absolute Gasteiger partial charge is 0.284 e. The highest BCUT2D eigenvalue weighted by molar-refractivity contribution is 7.99. The summed E-state index contributed by atoms with van der Waals surface area (Å²) in [6.45, 7) is 2.91. The third kappa shape index (κ3) is 5.96. The lowest BCUT2D eigenvalue weighted by molar-refractivity contribution is -0.387. The minimum Gasteiger partial charge on any atom is -0.368 e. The number of nitro benzene ring substituents is 1. The Morgan fingerprint density at radius 2 is 1.86 bits per heavy atom. The second kappa shape index (κ2) is 11.0. The van der Waals surface area contributed by atoms with Crippen LogP contribution >= 0.6 is 11.8 Å². The Hall–Kier alpha value is -3.93. The van der Waals surface area contributed by atoms with E-state index in [2.05, 4.69) is 32.5 Å². The number of piperazine rings is 1. The average molecular weight is 496 g/mol. The molecule has 12 heteroatoms. The van der Waals surface area contributed by atoms with E-state index in [9.17, 15) is 19.7 Å². The summed E-state index contributed by atoms with van der Waals surface area (Å²) in [6.07, 6.45) is 1.67. The fourth-order valence-corrected chi connectivity index (χ4v) is 4.60.